The van der Waals surface area contributed by atoms with Gasteiger partial charge in [0.25, 0.3) is 17.7 Å². The van der Waals surface area contributed by atoms with Crippen molar-refractivity contribution in [3.05, 3.63) is 370 Å². The van der Waals surface area contributed by atoms with Crippen molar-refractivity contribution in [2.75, 3.05) is 37.2 Å². The number of amides is 4. The molecule has 23 heteroatoms. The van der Waals surface area contributed by atoms with E-state index in [0.29, 0.717) is 63.5 Å². The smallest absolute Gasteiger partial charge is 0.255 e. The number of aromatic amines is 1. The number of rotatable bonds is 24. The number of H-pyrrole nitrogens is 1. The Morgan fingerprint density at radius 1 is 0.464 bits per heavy atom. The molecule has 15 rings (SSSR count). The van der Waals surface area contributed by atoms with Gasteiger partial charge >= 0.3 is 0 Å². The zero-order valence-electron chi connectivity index (χ0n) is 60.5. The quantitative estimate of drug-likeness (QED) is 0.0206. The number of benzene rings is 7. The summed E-state index contributed by atoms with van der Waals surface area (Å²) < 4.78 is 1.86. The van der Waals surface area contributed by atoms with Crippen LogP contribution in [0.2, 0.25) is 0 Å². The molecule has 0 saturated heterocycles. The number of allylic oxidation sites excluding steroid dienone is 2. The lowest BCUT2D eigenvalue weighted by atomic mass is 10.0. The standard InChI is InChI=1S/C34H26N6O2.C28H25N5O.C27H21N7O2/c1-2-28(41)22-23-9-8-12-25(21-23)33(42)36-26-14-16-27(17-15-26)37-34-35-19-18-29(38-34)31-30-13-6-7-20-40(30)39-32(31)24-10-4-3-5-11-24;1-4-20(3)31-26-17-22(10-7-19(26)2)28(34)32-24-11-8-21(9-12-24)16-27-30-15-13-25(33-27)23-6-5-14-29-18-23;1-2-24(35)31-22-5-3-4-18(15-22)26(36)32-20-6-8-21(9-7-20)33-27-29-13-11-23(34-27)19-14-17-10-12-28-25(17)30-16-19/h2-21H,1,22H2,(H,36,42)(H,35,37,38);4-15,17-18,31H,1,3,16H2,2H3,(H,32,34);2-16H,1H2,(H,28,30)(H,31,35)(H,32,36)(H,29,33,34). The molecule has 0 fully saturated rings. The van der Waals surface area contributed by atoms with E-state index in [2.05, 4.69) is 103 Å². The van der Waals surface area contributed by atoms with Crippen LogP contribution in [0.15, 0.2) is 330 Å². The van der Waals surface area contributed by atoms with Crippen LogP contribution in [0.5, 0.6) is 0 Å². The molecule has 7 aromatic carbocycles. The van der Waals surface area contributed by atoms with Crippen LogP contribution in [0.3, 0.4) is 0 Å². The van der Waals surface area contributed by atoms with Gasteiger partial charge in [-0.05, 0) is 200 Å². The molecule has 4 amide bonds. The lowest BCUT2D eigenvalue weighted by Crippen LogP contribution is -2.13. The average Bonchev–Trinajstić information content (AvgIpc) is 1.62. The molecule has 8 N–H and O–H groups in total. The van der Waals surface area contributed by atoms with Crippen molar-refractivity contribution in [2.45, 2.75) is 19.8 Å². The van der Waals surface area contributed by atoms with Crippen LogP contribution >= 0.6 is 0 Å². The molecule has 8 heterocycles. The Labute approximate surface area is 644 Å². The van der Waals surface area contributed by atoms with Gasteiger partial charge in [-0.15, -0.1) is 0 Å². The normalized spacial score (nSPS) is 10.6. The lowest BCUT2D eigenvalue weighted by molar-refractivity contribution is -0.114. The molecular weight excluding hydrogens is 1400 g/mol. The highest BCUT2D eigenvalue weighted by Gasteiger charge is 2.20. The Bertz CT molecular complexity index is 5970. The number of anilines is 9. The first-order chi connectivity index (χ1) is 54.6. The van der Waals surface area contributed by atoms with Crippen LogP contribution in [-0.2, 0) is 22.4 Å². The number of pyridine rings is 3. The number of hydrogen-bond acceptors (Lipinski definition) is 17. The topological polar surface area (TPSA) is 306 Å². The molecule has 0 spiro atoms. The molecule has 23 nitrogen and oxygen atoms in total. The predicted molar refractivity (Wildman–Crippen MR) is 441 cm³/mol. The van der Waals surface area contributed by atoms with E-state index in [1.54, 1.807) is 122 Å². The number of ketones is 1. The second-order valence-electron chi connectivity index (χ2n) is 25.2. The Balaban J connectivity index is 0.000000148. The van der Waals surface area contributed by atoms with Crippen LogP contribution in [0.4, 0.5) is 51.7 Å². The van der Waals surface area contributed by atoms with Gasteiger partial charge < -0.3 is 42.2 Å². The van der Waals surface area contributed by atoms with Gasteiger partial charge in [0, 0.05) is 147 Å². The summed E-state index contributed by atoms with van der Waals surface area (Å²) >= 11 is 0. The Kier molecular flexibility index (Phi) is 23.6. The summed E-state index contributed by atoms with van der Waals surface area (Å²) in [5, 5.41) is 26.8. The van der Waals surface area contributed by atoms with Gasteiger partial charge in [-0.3, -0.25) is 29.0 Å². The second kappa shape index (κ2) is 35.5. The minimum atomic E-state index is -0.344. The molecule has 0 atom stereocenters. The minimum Gasteiger partial charge on any atom is -0.356 e. The van der Waals surface area contributed by atoms with E-state index in [1.165, 1.54) is 12.2 Å². The monoisotopic (exact) mass is 1470 g/mol. The summed E-state index contributed by atoms with van der Waals surface area (Å²) in [4.78, 5) is 100. The lowest BCUT2D eigenvalue weighted by Gasteiger charge is -2.12. The van der Waals surface area contributed by atoms with Crippen LogP contribution in [0.25, 0.3) is 61.6 Å². The van der Waals surface area contributed by atoms with Gasteiger partial charge in [0.15, 0.2) is 5.78 Å². The summed E-state index contributed by atoms with van der Waals surface area (Å²) in [5.74, 6) is 0.411. The van der Waals surface area contributed by atoms with Crippen molar-refractivity contribution in [2.24, 2.45) is 0 Å². The van der Waals surface area contributed by atoms with E-state index >= 15 is 0 Å². The fourth-order valence-electron chi connectivity index (χ4n) is 11.6. The van der Waals surface area contributed by atoms with Crippen molar-refractivity contribution in [1.82, 2.24) is 54.5 Å². The first kappa shape index (κ1) is 74.5. The van der Waals surface area contributed by atoms with E-state index in [4.69, 9.17) is 10.1 Å². The molecule has 112 heavy (non-hydrogen) atoms. The third kappa shape index (κ3) is 19.4. The molecule has 548 valence electrons. The molecule has 0 unspecified atom stereocenters. The number of carbonyl (C=O) groups excluding carboxylic acids is 5. The van der Waals surface area contributed by atoms with Gasteiger partial charge in [-0.25, -0.2) is 39.4 Å². The maximum atomic E-state index is 12.8. The van der Waals surface area contributed by atoms with E-state index in [1.807, 2.05) is 175 Å². The van der Waals surface area contributed by atoms with Crippen LogP contribution in [0, 0.1) is 6.92 Å². The number of aryl methyl sites for hydroxylation is 1. The van der Waals surface area contributed by atoms with Gasteiger partial charge in [0.1, 0.15) is 17.2 Å². The van der Waals surface area contributed by atoms with E-state index in [-0.39, 0.29) is 35.8 Å². The highest BCUT2D eigenvalue weighted by molar-refractivity contribution is 6.07. The molecule has 8 aromatic heterocycles. The van der Waals surface area contributed by atoms with E-state index in [0.717, 1.165) is 101 Å². The number of carbonyl (C=O) groups is 5. The zero-order chi connectivity index (χ0) is 77.7. The van der Waals surface area contributed by atoms with Crippen LogP contribution in [0.1, 0.15) is 53.6 Å². The van der Waals surface area contributed by atoms with E-state index < -0.39 is 0 Å². The van der Waals surface area contributed by atoms with Crippen molar-refractivity contribution >= 4 is 97.7 Å². The summed E-state index contributed by atoms with van der Waals surface area (Å²) in [7, 11) is 0. The molecule has 0 aliphatic heterocycles. The minimum absolute atomic E-state index is 0.0968. The Morgan fingerprint density at radius 2 is 1.07 bits per heavy atom. The Morgan fingerprint density at radius 3 is 1.73 bits per heavy atom. The summed E-state index contributed by atoms with van der Waals surface area (Å²) in [6.07, 6.45) is 19.1. The molecule has 0 aliphatic rings. The highest BCUT2D eigenvalue weighted by atomic mass is 16.2. The highest BCUT2D eigenvalue weighted by Crippen LogP contribution is 2.35. The van der Waals surface area contributed by atoms with Crippen molar-refractivity contribution in [1.29, 1.82) is 0 Å². The fraction of sp³-hybridized carbons (Fsp3) is 0.0337. The van der Waals surface area contributed by atoms with Crippen molar-refractivity contribution in [3.63, 3.8) is 0 Å². The number of nitrogens with zero attached hydrogens (tertiary/aromatic N) is 10. The van der Waals surface area contributed by atoms with Gasteiger partial charge in [0.2, 0.25) is 17.8 Å². The molecule has 0 radical (unpaired) electrons. The molecule has 0 bridgehead atoms. The molecule has 0 saturated carbocycles. The summed E-state index contributed by atoms with van der Waals surface area (Å²) in [6.45, 7) is 16.5. The number of aromatic nitrogens is 11. The van der Waals surface area contributed by atoms with Crippen molar-refractivity contribution < 1.29 is 24.0 Å². The molecular formula is C89H72N18O5. The van der Waals surface area contributed by atoms with Gasteiger partial charge in [-0.2, -0.15) is 5.10 Å². The van der Waals surface area contributed by atoms with Crippen LogP contribution in [-0.4, -0.2) is 83.9 Å². The van der Waals surface area contributed by atoms with Crippen molar-refractivity contribution in [3.8, 4) is 45.0 Å². The van der Waals surface area contributed by atoms with E-state index in [9.17, 15) is 24.0 Å². The third-order valence-corrected chi connectivity index (χ3v) is 17.3. The zero-order valence-corrected chi connectivity index (χ0v) is 60.5. The molecule has 15 aromatic rings. The van der Waals surface area contributed by atoms with Gasteiger partial charge in [0.05, 0.1) is 28.2 Å². The fourth-order valence-corrected chi connectivity index (χ4v) is 11.6. The summed E-state index contributed by atoms with van der Waals surface area (Å²) in [5.41, 5.74) is 18.4. The average molecular weight is 1470 g/mol. The maximum Gasteiger partial charge on any atom is 0.255 e. The third-order valence-electron chi connectivity index (χ3n) is 17.3. The first-order valence-electron chi connectivity index (χ1n) is 35.3. The first-order valence-corrected chi connectivity index (χ1v) is 35.3. The predicted octanol–water partition coefficient (Wildman–Crippen LogP) is 17.7. The summed E-state index contributed by atoms with van der Waals surface area (Å²) in [6, 6.07) is 70.7. The number of hydrogen-bond donors (Lipinski definition) is 8. The SMILES string of the molecule is C=CC(=C)Nc1cc(C(=O)Nc2ccc(Cc3nccc(-c4cccnc4)n3)cc2)ccc1C.C=CC(=O)Cc1cccc(C(=O)Nc2ccc(Nc3nccc(-c4c(-c5ccccc5)nn5ccccc45)n3)cc2)c1.C=CC(=O)Nc1cccc(C(=O)Nc2ccc(Nc3nccc(-c4cnc5[nH]ccc5c4)n3)cc2)c1. The number of nitrogens with one attached hydrogen (secondary N) is 8. The largest absolute Gasteiger partial charge is 0.356 e. The second-order valence-corrected chi connectivity index (χ2v) is 25.2. The maximum absolute atomic E-state index is 12.8. The molecule has 0 aliphatic carbocycles. The van der Waals surface area contributed by atoms with Gasteiger partial charge in [-0.1, -0.05) is 99.1 Å². The Hall–Kier alpha value is -15.8. The number of fused-ring (bicyclic) bond motifs is 2. The van der Waals surface area contributed by atoms with Crippen LogP contribution < -0.4 is 37.2 Å².